The van der Waals surface area contributed by atoms with Crippen LogP contribution >= 0.6 is 0 Å². The third kappa shape index (κ3) is 3.26. The van der Waals surface area contributed by atoms with Crippen molar-refractivity contribution in [2.75, 3.05) is 6.61 Å². The fourth-order valence-electron chi connectivity index (χ4n) is 3.28. The van der Waals surface area contributed by atoms with E-state index in [1.807, 2.05) is 23.1 Å². The zero-order valence-electron chi connectivity index (χ0n) is 13.7. The number of imidazole rings is 1. The molecule has 0 radical (unpaired) electrons. The number of hydrogen-bond donors (Lipinski definition) is 0. The lowest BCUT2D eigenvalue weighted by molar-refractivity contribution is 0.00887. The summed E-state index contributed by atoms with van der Waals surface area (Å²) in [5.41, 5.74) is 2.15. The molecular formula is C19H22N4O. The number of aromatic nitrogens is 4. The second-order valence-corrected chi connectivity index (χ2v) is 6.22. The molecule has 1 fully saturated rings. The van der Waals surface area contributed by atoms with Gasteiger partial charge in [-0.2, -0.15) is 5.10 Å². The zero-order valence-corrected chi connectivity index (χ0v) is 13.7. The van der Waals surface area contributed by atoms with Crippen molar-refractivity contribution >= 4 is 0 Å². The van der Waals surface area contributed by atoms with Gasteiger partial charge in [-0.25, -0.2) is 9.67 Å². The Morgan fingerprint density at radius 2 is 2.12 bits per heavy atom. The Morgan fingerprint density at radius 1 is 1.12 bits per heavy atom. The van der Waals surface area contributed by atoms with E-state index in [1.54, 1.807) is 6.20 Å². The minimum absolute atomic E-state index is 0.393. The Balaban J connectivity index is 1.52. The van der Waals surface area contributed by atoms with Crippen molar-refractivity contribution < 1.29 is 4.74 Å². The summed E-state index contributed by atoms with van der Waals surface area (Å²) in [5, 5.41) is 4.30. The third-order valence-corrected chi connectivity index (χ3v) is 4.55. The molecule has 0 saturated carbocycles. The molecular weight excluding hydrogens is 300 g/mol. The fraction of sp³-hybridized carbons (Fsp3) is 0.368. The van der Waals surface area contributed by atoms with Crippen molar-refractivity contribution in [3.05, 3.63) is 55.1 Å². The van der Waals surface area contributed by atoms with Gasteiger partial charge in [0.15, 0.2) is 0 Å². The van der Waals surface area contributed by atoms with E-state index in [2.05, 4.69) is 45.1 Å². The number of aryl methyl sites for hydroxylation is 1. The summed E-state index contributed by atoms with van der Waals surface area (Å²) in [5.74, 6) is 1.000. The number of hydrogen-bond acceptors (Lipinski definition) is 3. The predicted octanol–water partition coefficient (Wildman–Crippen LogP) is 3.70. The van der Waals surface area contributed by atoms with E-state index in [9.17, 15) is 0 Å². The average Bonchev–Trinajstić information content (AvgIpc) is 3.33. The summed E-state index contributed by atoms with van der Waals surface area (Å²) in [7, 11) is 0. The Bertz CT molecular complexity index is 772. The van der Waals surface area contributed by atoms with Crippen LogP contribution in [0.25, 0.3) is 17.1 Å². The van der Waals surface area contributed by atoms with E-state index in [1.165, 1.54) is 19.3 Å². The largest absolute Gasteiger partial charge is 0.378 e. The zero-order chi connectivity index (χ0) is 16.2. The number of benzene rings is 1. The Hall–Kier alpha value is -2.40. The molecule has 1 aromatic carbocycles. The molecule has 0 amide bonds. The molecule has 1 aliphatic rings. The van der Waals surface area contributed by atoms with Crippen LogP contribution in [0.3, 0.4) is 0 Å². The second kappa shape index (κ2) is 7.01. The average molecular weight is 322 g/mol. The molecule has 3 heterocycles. The first kappa shape index (κ1) is 15.1. The number of ether oxygens (including phenoxy) is 1. The van der Waals surface area contributed by atoms with Crippen molar-refractivity contribution in [2.24, 2.45) is 0 Å². The number of nitrogens with zero attached hydrogens (tertiary/aromatic N) is 4. The standard InChI is InChI=1S/C19H22N4O/c1-2-14-24-18(7-1)8-12-22-13-10-20-19(22)16-5-3-6-17(15-16)23-11-4-9-21-23/h3-6,9-11,13,15,18H,1-2,7-8,12,14H2/t18-/m1/s1. The lowest BCUT2D eigenvalue weighted by Crippen LogP contribution is -2.20. The molecule has 1 saturated heterocycles. The molecule has 5 heteroatoms. The van der Waals surface area contributed by atoms with Gasteiger partial charge in [0.2, 0.25) is 0 Å². The van der Waals surface area contributed by atoms with Crippen molar-refractivity contribution in [3.63, 3.8) is 0 Å². The van der Waals surface area contributed by atoms with E-state index in [-0.39, 0.29) is 0 Å². The van der Waals surface area contributed by atoms with Crippen LogP contribution in [0.5, 0.6) is 0 Å². The maximum Gasteiger partial charge on any atom is 0.139 e. The smallest absolute Gasteiger partial charge is 0.139 e. The molecule has 0 unspecified atom stereocenters. The van der Waals surface area contributed by atoms with Crippen LogP contribution in [0.2, 0.25) is 0 Å². The molecule has 3 aromatic rings. The fourth-order valence-corrected chi connectivity index (χ4v) is 3.28. The van der Waals surface area contributed by atoms with E-state index in [4.69, 9.17) is 4.74 Å². The SMILES string of the molecule is c1cc(-c2nccn2CC[C@H]2CCCCO2)cc(-n2cccn2)c1. The van der Waals surface area contributed by atoms with Gasteiger partial charge in [-0.1, -0.05) is 12.1 Å². The van der Waals surface area contributed by atoms with Gasteiger partial charge in [0.1, 0.15) is 5.82 Å². The molecule has 1 aliphatic heterocycles. The molecule has 0 N–H and O–H groups in total. The molecule has 0 aliphatic carbocycles. The van der Waals surface area contributed by atoms with Gasteiger partial charge in [-0.3, -0.25) is 0 Å². The minimum atomic E-state index is 0.393. The van der Waals surface area contributed by atoms with Crippen LogP contribution in [0.15, 0.2) is 55.1 Å². The summed E-state index contributed by atoms with van der Waals surface area (Å²) in [6.45, 7) is 1.85. The van der Waals surface area contributed by atoms with Crippen molar-refractivity contribution in [3.8, 4) is 17.1 Å². The quantitative estimate of drug-likeness (QED) is 0.719. The monoisotopic (exact) mass is 322 g/mol. The van der Waals surface area contributed by atoms with Gasteiger partial charge < -0.3 is 9.30 Å². The first-order valence-corrected chi connectivity index (χ1v) is 8.63. The van der Waals surface area contributed by atoms with Crippen molar-refractivity contribution in [1.29, 1.82) is 0 Å². The molecule has 0 spiro atoms. The maximum atomic E-state index is 5.84. The van der Waals surface area contributed by atoms with E-state index in [0.717, 1.165) is 36.6 Å². The normalized spacial score (nSPS) is 17.9. The Morgan fingerprint density at radius 3 is 2.96 bits per heavy atom. The molecule has 4 rings (SSSR count). The molecule has 2 aromatic heterocycles. The van der Waals surface area contributed by atoms with Gasteiger partial charge in [-0.15, -0.1) is 0 Å². The van der Waals surface area contributed by atoms with Crippen molar-refractivity contribution in [2.45, 2.75) is 38.3 Å². The summed E-state index contributed by atoms with van der Waals surface area (Å²) >= 11 is 0. The predicted molar refractivity (Wildman–Crippen MR) is 93.0 cm³/mol. The minimum Gasteiger partial charge on any atom is -0.378 e. The first-order chi connectivity index (χ1) is 11.9. The van der Waals surface area contributed by atoms with Crippen LogP contribution in [0.1, 0.15) is 25.7 Å². The van der Waals surface area contributed by atoms with Gasteiger partial charge in [0.25, 0.3) is 0 Å². The molecule has 24 heavy (non-hydrogen) atoms. The van der Waals surface area contributed by atoms with Gasteiger partial charge in [-0.05, 0) is 43.9 Å². The van der Waals surface area contributed by atoms with E-state index in [0.29, 0.717) is 6.10 Å². The van der Waals surface area contributed by atoms with Crippen LogP contribution in [0, 0.1) is 0 Å². The first-order valence-electron chi connectivity index (χ1n) is 8.63. The van der Waals surface area contributed by atoms with E-state index < -0.39 is 0 Å². The molecule has 124 valence electrons. The third-order valence-electron chi connectivity index (χ3n) is 4.55. The highest BCUT2D eigenvalue weighted by Crippen LogP contribution is 2.22. The summed E-state index contributed by atoms with van der Waals surface area (Å²) < 4.78 is 9.93. The topological polar surface area (TPSA) is 44.9 Å². The lowest BCUT2D eigenvalue weighted by Gasteiger charge is -2.22. The number of rotatable bonds is 5. The highest BCUT2D eigenvalue weighted by Gasteiger charge is 2.15. The maximum absolute atomic E-state index is 5.84. The van der Waals surface area contributed by atoms with Crippen LogP contribution < -0.4 is 0 Å². The van der Waals surface area contributed by atoms with Gasteiger partial charge in [0, 0.05) is 43.5 Å². The molecule has 0 bridgehead atoms. The van der Waals surface area contributed by atoms with E-state index >= 15 is 0 Å². The molecule has 5 nitrogen and oxygen atoms in total. The summed E-state index contributed by atoms with van der Waals surface area (Å²) in [6.07, 6.45) is 12.8. The molecule has 1 atom stereocenters. The van der Waals surface area contributed by atoms with Crippen molar-refractivity contribution in [1.82, 2.24) is 19.3 Å². The summed E-state index contributed by atoms with van der Waals surface area (Å²) in [4.78, 5) is 4.57. The Kier molecular flexibility index (Phi) is 4.42. The van der Waals surface area contributed by atoms with Crippen LogP contribution in [-0.4, -0.2) is 32.0 Å². The Labute approximate surface area is 141 Å². The highest BCUT2D eigenvalue weighted by molar-refractivity contribution is 5.59. The van der Waals surface area contributed by atoms with Crippen LogP contribution in [0.4, 0.5) is 0 Å². The summed E-state index contributed by atoms with van der Waals surface area (Å²) in [6, 6.07) is 10.3. The van der Waals surface area contributed by atoms with Gasteiger partial charge in [0.05, 0.1) is 11.8 Å². The lowest BCUT2D eigenvalue weighted by atomic mass is 10.1. The highest BCUT2D eigenvalue weighted by atomic mass is 16.5. The van der Waals surface area contributed by atoms with Crippen LogP contribution in [-0.2, 0) is 11.3 Å². The van der Waals surface area contributed by atoms with Gasteiger partial charge >= 0.3 is 0 Å². The second-order valence-electron chi connectivity index (χ2n) is 6.22.